The Hall–Kier alpha value is -3.40. The number of nitrogens with zero attached hydrogens (tertiary/aromatic N) is 1. The van der Waals surface area contributed by atoms with E-state index >= 15 is 0 Å². The third-order valence-corrected chi connectivity index (χ3v) is 3.48. The molecule has 0 spiro atoms. The Balaban J connectivity index is 2.37. The first-order valence-corrected chi connectivity index (χ1v) is 7.77. The van der Waals surface area contributed by atoms with Gasteiger partial charge in [0.2, 0.25) is 5.75 Å². The van der Waals surface area contributed by atoms with Crippen LogP contribution in [-0.2, 0) is 0 Å². The molecule has 0 aliphatic carbocycles. The van der Waals surface area contributed by atoms with Gasteiger partial charge in [-0.05, 0) is 31.2 Å². The highest BCUT2D eigenvalue weighted by Crippen LogP contribution is 2.38. The molecule has 7 nitrogen and oxygen atoms in total. The minimum Gasteiger partial charge on any atom is -0.493 e. The van der Waals surface area contributed by atoms with Crippen molar-refractivity contribution in [2.75, 3.05) is 27.9 Å². The highest BCUT2D eigenvalue weighted by atomic mass is 16.6. The molecule has 0 amide bonds. The minimum atomic E-state index is -0.630. The smallest absolute Gasteiger partial charge is 0.343 e. The van der Waals surface area contributed by atoms with Crippen LogP contribution in [0, 0.1) is 11.3 Å². The lowest BCUT2D eigenvalue weighted by Crippen LogP contribution is -2.11. The van der Waals surface area contributed by atoms with Crippen LogP contribution >= 0.6 is 0 Å². The summed E-state index contributed by atoms with van der Waals surface area (Å²) in [4.78, 5) is 12.6. The Labute approximate surface area is 151 Å². The molecule has 0 saturated heterocycles. The number of rotatable bonds is 7. The van der Waals surface area contributed by atoms with Crippen LogP contribution in [0.2, 0.25) is 0 Å². The van der Waals surface area contributed by atoms with E-state index in [1.165, 1.54) is 45.6 Å². The van der Waals surface area contributed by atoms with Gasteiger partial charge in [0, 0.05) is 6.07 Å². The fourth-order valence-electron chi connectivity index (χ4n) is 2.29. The summed E-state index contributed by atoms with van der Waals surface area (Å²) < 4.78 is 26.6. The van der Waals surface area contributed by atoms with Gasteiger partial charge < -0.3 is 23.7 Å². The van der Waals surface area contributed by atoms with Gasteiger partial charge in [0.05, 0.1) is 45.1 Å². The molecule has 0 aliphatic heterocycles. The Morgan fingerprint density at radius 1 is 0.962 bits per heavy atom. The molecule has 26 heavy (non-hydrogen) atoms. The Bertz CT molecular complexity index is 815. The number of benzene rings is 2. The van der Waals surface area contributed by atoms with E-state index in [-0.39, 0.29) is 11.3 Å². The zero-order chi connectivity index (χ0) is 19.1. The molecule has 0 aromatic heterocycles. The second kappa shape index (κ2) is 8.62. The average molecular weight is 357 g/mol. The number of methoxy groups -OCH3 is 3. The fraction of sp³-hybridized carbons (Fsp3) is 0.263. The van der Waals surface area contributed by atoms with Gasteiger partial charge in [0.15, 0.2) is 23.0 Å². The first-order valence-electron chi connectivity index (χ1n) is 7.77. The van der Waals surface area contributed by atoms with Gasteiger partial charge in [-0.2, -0.15) is 5.26 Å². The molecule has 0 aliphatic rings. The van der Waals surface area contributed by atoms with Gasteiger partial charge >= 0.3 is 5.97 Å². The summed E-state index contributed by atoms with van der Waals surface area (Å²) in [5, 5.41) is 8.99. The van der Waals surface area contributed by atoms with Gasteiger partial charge in [0.25, 0.3) is 0 Å². The van der Waals surface area contributed by atoms with Crippen molar-refractivity contribution in [2.24, 2.45) is 0 Å². The molecule has 0 radical (unpaired) electrons. The maximum atomic E-state index is 12.6. The van der Waals surface area contributed by atoms with Crippen molar-refractivity contribution in [1.29, 1.82) is 5.26 Å². The normalized spacial score (nSPS) is 9.81. The molecule has 0 saturated carbocycles. The molecular weight excluding hydrogens is 338 g/mol. The number of hydrogen-bond acceptors (Lipinski definition) is 7. The Morgan fingerprint density at radius 2 is 1.62 bits per heavy atom. The first kappa shape index (κ1) is 18.9. The molecule has 7 heteroatoms. The molecule has 136 valence electrons. The van der Waals surface area contributed by atoms with E-state index in [2.05, 4.69) is 0 Å². The number of ether oxygens (including phenoxy) is 5. The van der Waals surface area contributed by atoms with E-state index in [1.807, 2.05) is 6.07 Å². The van der Waals surface area contributed by atoms with Gasteiger partial charge in [-0.15, -0.1) is 0 Å². The van der Waals surface area contributed by atoms with E-state index in [4.69, 9.17) is 28.9 Å². The third-order valence-electron chi connectivity index (χ3n) is 3.48. The molecule has 0 heterocycles. The summed E-state index contributed by atoms with van der Waals surface area (Å²) >= 11 is 0. The van der Waals surface area contributed by atoms with Crippen LogP contribution in [-0.4, -0.2) is 33.9 Å². The zero-order valence-electron chi connectivity index (χ0n) is 15.0. The van der Waals surface area contributed by atoms with Crippen LogP contribution in [0.5, 0.6) is 28.7 Å². The van der Waals surface area contributed by atoms with Crippen LogP contribution in [0.15, 0.2) is 30.3 Å². The fourth-order valence-corrected chi connectivity index (χ4v) is 2.29. The van der Waals surface area contributed by atoms with Crippen LogP contribution in [0.1, 0.15) is 22.8 Å². The predicted octanol–water partition coefficient (Wildman–Crippen LogP) is 3.20. The number of carbonyl (C=O) groups is 1. The van der Waals surface area contributed by atoms with Gasteiger partial charge in [0.1, 0.15) is 0 Å². The number of carbonyl (C=O) groups excluding carboxylic acids is 1. The van der Waals surface area contributed by atoms with E-state index in [9.17, 15) is 4.79 Å². The quantitative estimate of drug-likeness (QED) is 0.555. The van der Waals surface area contributed by atoms with Crippen molar-refractivity contribution < 1.29 is 28.5 Å². The summed E-state index contributed by atoms with van der Waals surface area (Å²) in [6.07, 6.45) is 0. The van der Waals surface area contributed by atoms with Crippen molar-refractivity contribution >= 4 is 5.97 Å². The lowest BCUT2D eigenvalue weighted by atomic mass is 10.1. The zero-order valence-corrected chi connectivity index (χ0v) is 15.0. The molecule has 0 fully saturated rings. The molecule has 2 rings (SSSR count). The highest BCUT2D eigenvalue weighted by molar-refractivity contribution is 5.93. The maximum Gasteiger partial charge on any atom is 0.343 e. The SMILES string of the molecule is CCOc1cc(C#N)ccc1OC(=O)c1cc(OC)c(OC)c(OC)c1. The largest absolute Gasteiger partial charge is 0.493 e. The third kappa shape index (κ3) is 3.98. The summed E-state index contributed by atoms with van der Waals surface area (Å²) in [6, 6.07) is 9.57. The number of hydrogen-bond donors (Lipinski definition) is 0. The standard InChI is InChI=1S/C19H19NO6/c1-5-25-15-8-12(11-20)6-7-14(15)26-19(21)13-9-16(22-2)18(24-4)17(10-13)23-3/h6-10H,5H2,1-4H3. The summed E-state index contributed by atoms with van der Waals surface area (Å²) in [5.41, 5.74) is 0.618. The second-order valence-electron chi connectivity index (χ2n) is 5.01. The molecule has 0 unspecified atom stereocenters. The van der Waals surface area contributed by atoms with Crippen molar-refractivity contribution in [1.82, 2.24) is 0 Å². The Morgan fingerprint density at radius 3 is 2.12 bits per heavy atom. The van der Waals surface area contributed by atoms with E-state index in [1.54, 1.807) is 13.0 Å². The van der Waals surface area contributed by atoms with Crippen LogP contribution in [0.3, 0.4) is 0 Å². The van der Waals surface area contributed by atoms with Gasteiger partial charge in [-0.3, -0.25) is 0 Å². The molecule has 0 atom stereocenters. The van der Waals surface area contributed by atoms with E-state index < -0.39 is 5.97 Å². The van der Waals surface area contributed by atoms with E-state index in [0.717, 1.165) is 0 Å². The molecule has 0 N–H and O–H groups in total. The molecule has 0 bridgehead atoms. The summed E-state index contributed by atoms with van der Waals surface area (Å²) in [7, 11) is 4.39. The Kier molecular flexibility index (Phi) is 6.28. The predicted molar refractivity (Wildman–Crippen MR) is 93.4 cm³/mol. The van der Waals surface area contributed by atoms with Crippen molar-refractivity contribution in [3.63, 3.8) is 0 Å². The molecule has 2 aromatic rings. The van der Waals surface area contributed by atoms with Crippen LogP contribution in [0.4, 0.5) is 0 Å². The first-order chi connectivity index (χ1) is 12.6. The monoisotopic (exact) mass is 357 g/mol. The maximum absolute atomic E-state index is 12.6. The average Bonchev–Trinajstić information content (AvgIpc) is 2.67. The summed E-state index contributed by atoms with van der Waals surface area (Å²) in [5.74, 6) is 0.944. The van der Waals surface area contributed by atoms with Gasteiger partial charge in [-0.25, -0.2) is 4.79 Å². The van der Waals surface area contributed by atoms with Crippen molar-refractivity contribution in [2.45, 2.75) is 6.92 Å². The second-order valence-corrected chi connectivity index (χ2v) is 5.01. The van der Waals surface area contributed by atoms with Crippen molar-refractivity contribution in [3.05, 3.63) is 41.5 Å². The van der Waals surface area contributed by atoms with Gasteiger partial charge in [-0.1, -0.05) is 0 Å². The number of nitriles is 1. The molecular formula is C19H19NO6. The minimum absolute atomic E-state index is 0.213. The topological polar surface area (TPSA) is 87.0 Å². The number of esters is 1. The van der Waals surface area contributed by atoms with E-state index in [0.29, 0.717) is 35.2 Å². The lowest BCUT2D eigenvalue weighted by molar-refractivity contribution is 0.0727. The highest BCUT2D eigenvalue weighted by Gasteiger charge is 2.19. The van der Waals surface area contributed by atoms with Crippen LogP contribution in [0.25, 0.3) is 0 Å². The lowest BCUT2D eigenvalue weighted by Gasteiger charge is -2.14. The van der Waals surface area contributed by atoms with Crippen LogP contribution < -0.4 is 23.7 Å². The summed E-state index contributed by atoms with van der Waals surface area (Å²) in [6.45, 7) is 2.16. The molecule has 2 aromatic carbocycles. The van der Waals surface area contributed by atoms with Crippen molar-refractivity contribution in [3.8, 4) is 34.8 Å².